The minimum Gasteiger partial charge on any atom is -0.486 e. The first kappa shape index (κ1) is 16.1. The van der Waals surface area contributed by atoms with Crippen LogP contribution in [0.4, 0.5) is 5.69 Å². The van der Waals surface area contributed by atoms with Gasteiger partial charge in [0.1, 0.15) is 13.2 Å². The molecule has 8 heteroatoms. The fraction of sp³-hybridized carbons (Fsp3) is 0.333. The molecule has 0 saturated carbocycles. The van der Waals surface area contributed by atoms with Gasteiger partial charge in [0.15, 0.2) is 11.5 Å². The molecule has 0 aliphatic carbocycles. The first-order valence-electron chi connectivity index (χ1n) is 5.80. The maximum Gasteiger partial charge on any atom is 0.241 e. The largest absolute Gasteiger partial charge is 0.486 e. The van der Waals surface area contributed by atoms with Gasteiger partial charge in [0, 0.05) is 11.8 Å². The topological polar surface area (TPSA) is 117 Å². The number of halogens is 1. The minimum atomic E-state index is -0.967. The Kier molecular flexibility index (Phi) is 5.60. The SMILES string of the molecule is Cl.NC(=O)CC(N)C(=O)Nc1ccc2c(c1)OCCO2. The minimum absolute atomic E-state index is 0. The highest BCUT2D eigenvalue weighted by atomic mass is 35.5. The van der Waals surface area contributed by atoms with E-state index in [4.69, 9.17) is 20.9 Å². The van der Waals surface area contributed by atoms with Gasteiger partial charge in [0.25, 0.3) is 0 Å². The zero-order valence-corrected chi connectivity index (χ0v) is 11.4. The predicted molar refractivity (Wildman–Crippen MR) is 75.1 cm³/mol. The summed E-state index contributed by atoms with van der Waals surface area (Å²) >= 11 is 0. The standard InChI is InChI=1S/C12H15N3O4.ClH/c13-8(6-11(14)16)12(17)15-7-1-2-9-10(5-7)19-4-3-18-9;/h1-2,5,8H,3-4,6,13H2,(H2,14,16)(H,15,17);1H. The molecule has 1 aromatic carbocycles. The highest BCUT2D eigenvalue weighted by Crippen LogP contribution is 2.32. The fourth-order valence-electron chi connectivity index (χ4n) is 1.67. The van der Waals surface area contributed by atoms with Crippen LogP contribution in [0.25, 0.3) is 0 Å². The van der Waals surface area contributed by atoms with Gasteiger partial charge in [-0.3, -0.25) is 9.59 Å². The van der Waals surface area contributed by atoms with E-state index in [1.165, 1.54) is 0 Å². The molecule has 1 atom stereocenters. The summed E-state index contributed by atoms with van der Waals surface area (Å²) in [7, 11) is 0. The third kappa shape index (κ3) is 4.01. The molecule has 110 valence electrons. The normalized spacial score (nSPS) is 13.8. The number of nitrogens with two attached hydrogens (primary N) is 2. The van der Waals surface area contributed by atoms with Crippen LogP contribution < -0.4 is 26.3 Å². The molecule has 0 spiro atoms. The summed E-state index contributed by atoms with van der Waals surface area (Å²) in [5.74, 6) is 0.0958. The lowest BCUT2D eigenvalue weighted by Crippen LogP contribution is -2.39. The Morgan fingerprint density at radius 2 is 1.90 bits per heavy atom. The van der Waals surface area contributed by atoms with Crippen LogP contribution in [-0.2, 0) is 9.59 Å². The number of anilines is 1. The monoisotopic (exact) mass is 301 g/mol. The van der Waals surface area contributed by atoms with Crippen molar-refractivity contribution in [3.8, 4) is 11.5 Å². The lowest BCUT2D eigenvalue weighted by Gasteiger charge is -2.19. The molecule has 1 unspecified atom stereocenters. The fourth-order valence-corrected chi connectivity index (χ4v) is 1.67. The van der Waals surface area contributed by atoms with E-state index in [9.17, 15) is 9.59 Å². The van der Waals surface area contributed by atoms with Gasteiger partial charge in [-0.1, -0.05) is 0 Å². The van der Waals surface area contributed by atoms with Gasteiger partial charge in [-0.05, 0) is 12.1 Å². The maximum atomic E-state index is 11.7. The number of primary amides is 1. The predicted octanol–water partition coefficient (Wildman–Crippen LogP) is 0.0208. The molecule has 1 heterocycles. The Labute approximate surface area is 122 Å². The number of benzene rings is 1. The van der Waals surface area contributed by atoms with Crippen molar-refractivity contribution in [2.45, 2.75) is 12.5 Å². The molecule has 1 aliphatic heterocycles. The Balaban J connectivity index is 0.00000200. The third-order valence-electron chi connectivity index (χ3n) is 2.57. The van der Waals surface area contributed by atoms with E-state index in [2.05, 4.69) is 5.32 Å². The van der Waals surface area contributed by atoms with Gasteiger partial charge in [-0.2, -0.15) is 0 Å². The quantitative estimate of drug-likeness (QED) is 0.725. The van der Waals surface area contributed by atoms with E-state index < -0.39 is 17.9 Å². The van der Waals surface area contributed by atoms with Crippen LogP contribution in [0.2, 0.25) is 0 Å². The number of carbonyl (C=O) groups excluding carboxylic acids is 2. The summed E-state index contributed by atoms with van der Waals surface area (Å²) in [5.41, 5.74) is 11.0. The Morgan fingerprint density at radius 3 is 2.55 bits per heavy atom. The molecule has 0 aromatic heterocycles. The van der Waals surface area contributed by atoms with Crippen molar-refractivity contribution >= 4 is 29.9 Å². The van der Waals surface area contributed by atoms with Crippen LogP contribution in [0.15, 0.2) is 18.2 Å². The van der Waals surface area contributed by atoms with Crippen LogP contribution >= 0.6 is 12.4 Å². The molecule has 1 aliphatic rings. The number of fused-ring (bicyclic) bond motifs is 1. The van der Waals surface area contributed by atoms with Crippen molar-refractivity contribution in [3.05, 3.63) is 18.2 Å². The van der Waals surface area contributed by atoms with Crippen LogP contribution in [0.1, 0.15) is 6.42 Å². The highest BCUT2D eigenvalue weighted by Gasteiger charge is 2.17. The van der Waals surface area contributed by atoms with Gasteiger partial charge in [0.05, 0.1) is 12.5 Å². The van der Waals surface area contributed by atoms with Crippen molar-refractivity contribution in [2.75, 3.05) is 18.5 Å². The first-order valence-corrected chi connectivity index (χ1v) is 5.80. The molecular formula is C12H16ClN3O4. The van der Waals surface area contributed by atoms with Gasteiger partial charge in [-0.25, -0.2) is 0 Å². The molecule has 2 amide bonds. The number of carbonyl (C=O) groups is 2. The van der Waals surface area contributed by atoms with Gasteiger partial charge >= 0.3 is 0 Å². The summed E-state index contributed by atoms with van der Waals surface area (Å²) in [6.45, 7) is 0.966. The zero-order chi connectivity index (χ0) is 13.8. The molecule has 0 bridgehead atoms. The van der Waals surface area contributed by atoms with Crippen molar-refractivity contribution in [1.29, 1.82) is 0 Å². The molecule has 2 rings (SSSR count). The second-order valence-electron chi connectivity index (χ2n) is 4.12. The van der Waals surface area contributed by atoms with Crippen LogP contribution in [0.3, 0.4) is 0 Å². The Morgan fingerprint density at radius 1 is 1.25 bits per heavy atom. The van der Waals surface area contributed by atoms with Crippen LogP contribution in [0, 0.1) is 0 Å². The van der Waals surface area contributed by atoms with Crippen molar-refractivity contribution in [2.24, 2.45) is 11.5 Å². The first-order chi connectivity index (χ1) is 9.06. The molecule has 7 nitrogen and oxygen atoms in total. The van der Waals surface area contributed by atoms with Crippen LogP contribution in [0.5, 0.6) is 11.5 Å². The van der Waals surface area contributed by atoms with Gasteiger partial charge < -0.3 is 26.3 Å². The van der Waals surface area contributed by atoms with E-state index in [-0.39, 0.29) is 18.8 Å². The zero-order valence-electron chi connectivity index (χ0n) is 10.6. The molecular weight excluding hydrogens is 286 g/mol. The van der Waals surface area contributed by atoms with E-state index in [0.717, 1.165) is 0 Å². The molecule has 20 heavy (non-hydrogen) atoms. The smallest absolute Gasteiger partial charge is 0.241 e. The average molecular weight is 302 g/mol. The summed E-state index contributed by atoms with van der Waals surface area (Å²) in [4.78, 5) is 22.4. The van der Waals surface area contributed by atoms with Crippen molar-refractivity contribution in [1.82, 2.24) is 0 Å². The summed E-state index contributed by atoms with van der Waals surface area (Å²) in [6, 6.07) is 4.04. The molecule has 0 fully saturated rings. The summed E-state index contributed by atoms with van der Waals surface area (Å²) in [6.07, 6.45) is -0.198. The molecule has 1 aromatic rings. The Bertz CT molecular complexity index is 509. The van der Waals surface area contributed by atoms with Crippen LogP contribution in [-0.4, -0.2) is 31.1 Å². The molecule has 5 N–H and O–H groups in total. The second-order valence-corrected chi connectivity index (χ2v) is 4.12. The van der Waals surface area contributed by atoms with E-state index in [1.807, 2.05) is 0 Å². The van der Waals surface area contributed by atoms with E-state index in [0.29, 0.717) is 30.4 Å². The maximum absolute atomic E-state index is 11.7. The molecule has 0 radical (unpaired) electrons. The molecule has 0 saturated heterocycles. The van der Waals surface area contributed by atoms with E-state index >= 15 is 0 Å². The second kappa shape index (κ2) is 6.97. The number of hydrogen-bond donors (Lipinski definition) is 3. The number of nitrogens with one attached hydrogen (secondary N) is 1. The lowest BCUT2D eigenvalue weighted by molar-refractivity contribution is -0.123. The highest BCUT2D eigenvalue weighted by molar-refractivity contribution is 5.97. The van der Waals surface area contributed by atoms with E-state index in [1.54, 1.807) is 18.2 Å². The van der Waals surface area contributed by atoms with Crippen molar-refractivity contribution in [3.63, 3.8) is 0 Å². The van der Waals surface area contributed by atoms with Gasteiger partial charge in [0.2, 0.25) is 11.8 Å². The number of ether oxygens (including phenoxy) is 2. The number of amides is 2. The average Bonchev–Trinajstić information content (AvgIpc) is 2.37. The third-order valence-corrected chi connectivity index (χ3v) is 2.57. The number of hydrogen-bond acceptors (Lipinski definition) is 5. The summed E-state index contributed by atoms with van der Waals surface area (Å²) in [5, 5.41) is 2.59. The van der Waals surface area contributed by atoms with Crippen molar-refractivity contribution < 1.29 is 19.1 Å². The number of rotatable bonds is 4. The summed E-state index contributed by atoms with van der Waals surface area (Å²) < 4.78 is 10.7. The Hall–Kier alpha value is -1.99. The lowest BCUT2D eigenvalue weighted by atomic mass is 10.2. The van der Waals surface area contributed by atoms with Gasteiger partial charge in [-0.15, -0.1) is 12.4 Å².